The Morgan fingerprint density at radius 3 is 3.00 bits per heavy atom. The molecule has 0 aliphatic carbocycles. The molecule has 5 nitrogen and oxygen atoms in total. The number of aromatic amines is 1. The van der Waals surface area contributed by atoms with Crippen molar-refractivity contribution in [2.24, 2.45) is 0 Å². The third-order valence-electron chi connectivity index (χ3n) is 2.87. The maximum absolute atomic E-state index is 12.1. The molecule has 0 fully saturated rings. The molecule has 0 unspecified atom stereocenters. The van der Waals surface area contributed by atoms with E-state index in [4.69, 9.17) is 0 Å². The number of carbonyl (C=O) groups excluding carboxylic acids is 1. The van der Waals surface area contributed by atoms with Crippen molar-refractivity contribution < 1.29 is 4.79 Å². The minimum absolute atomic E-state index is 0.00606. The number of aryl methyl sites for hydroxylation is 1. The van der Waals surface area contributed by atoms with Gasteiger partial charge in [-0.3, -0.25) is 4.79 Å². The molecule has 0 saturated heterocycles. The van der Waals surface area contributed by atoms with Crippen LogP contribution in [0.3, 0.4) is 0 Å². The summed E-state index contributed by atoms with van der Waals surface area (Å²) < 4.78 is 0. The molecule has 0 atom stereocenters. The van der Waals surface area contributed by atoms with E-state index < -0.39 is 0 Å². The number of hydrogen-bond acceptors (Lipinski definition) is 4. The lowest BCUT2D eigenvalue weighted by atomic mass is 10.2. The molecule has 2 rings (SSSR count). The van der Waals surface area contributed by atoms with Gasteiger partial charge in [-0.1, -0.05) is 0 Å². The highest BCUT2D eigenvalue weighted by molar-refractivity contribution is 7.09. The number of thiazole rings is 1. The fraction of sp³-hybridized carbons (Fsp3) is 0.385. The summed E-state index contributed by atoms with van der Waals surface area (Å²) in [5.41, 5.74) is 2.46. The van der Waals surface area contributed by atoms with Crippen LogP contribution in [0.25, 0.3) is 11.3 Å². The van der Waals surface area contributed by atoms with Gasteiger partial charge in [-0.15, -0.1) is 11.3 Å². The minimum Gasteiger partial charge on any atom is -0.357 e. The van der Waals surface area contributed by atoms with Gasteiger partial charge < -0.3 is 15.2 Å². The Morgan fingerprint density at radius 2 is 2.37 bits per heavy atom. The predicted molar refractivity (Wildman–Crippen MR) is 77.5 cm³/mol. The lowest BCUT2D eigenvalue weighted by Crippen LogP contribution is -2.32. The summed E-state index contributed by atoms with van der Waals surface area (Å²) in [5.74, 6) is -0.00606. The smallest absolute Gasteiger partial charge is 0.270 e. The van der Waals surface area contributed by atoms with Crippen molar-refractivity contribution in [3.8, 4) is 11.3 Å². The zero-order valence-corrected chi connectivity index (χ0v) is 12.2. The third kappa shape index (κ3) is 3.21. The van der Waals surface area contributed by atoms with Crippen molar-refractivity contribution in [1.29, 1.82) is 0 Å². The van der Waals surface area contributed by atoms with E-state index in [1.165, 1.54) is 0 Å². The van der Waals surface area contributed by atoms with Gasteiger partial charge >= 0.3 is 0 Å². The highest BCUT2D eigenvalue weighted by Gasteiger charge is 2.14. The first-order chi connectivity index (χ1) is 9.11. The summed E-state index contributed by atoms with van der Waals surface area (Å²) in [6.45, 7) is 3.43. The van der Waals surface area contributed by atoms with Gasteiger partial charge in [0.1, 0.15) is 5.69 Å². The van der Waals surface area contributed by atoms with Crippen molar-refractivity contribution in [2.45, 2.75) is 6.92 Å². The number of amides is 1. The van der Waals surface area contributed by atoms with Gasteiger partial charge in [0.05, 0.1) is 10.7 Å². The topological polar surface area (TPSA) is 61.0 Å². The fourth-order valence-electron chi connectivity index (χ4n) is 1.75. The predicted octanol–water partition coefficient (Wildman–Crippen LogP) is 1.74. The van der Waals surface area contributed by atoms with E-state index in [1.807, 2.05) is 31.6 Å². The summed E-state index contributed by atoms with van der Waals surface area (Å²) in [6.07, 6.45) is 1.83. The molecule has 0 aliphatic rings. The normalized spacial score (nSPS) is 10.7. The minimum atomic E-state index is -0.00606. The van der Waals surface area contributed by atoms with Crippen LogP contribution in [0.4, 0.5) is 0 Å². The molecule has 1 amide bonds. The molecule has 0 spiro atoms. The van der Waals surface area contributed by atoms with Crippen LogP contribution >= 0.6 is 11.3 Å². The molecule has 2 N–H and O–H groups in total. The number of aromatic nitrogens is 2. The Bertz CT molecular complexity index is 560. The maximum atomic E-state index is 12.1. The van der Waals surface area contributed by atoms with Crippen LogP contribution in [0.2, 0.25) is 0 Å². The molecule has 2 aromatic rings. The van der Waals surface area contributed by atoms with Crippen molar-refractivity contribution in [2.75, 3.05) is 27.2 Å². The Hall–Kier alpha value is -1.66. The average Bonchev–Trinajstić information content (AvgIpc) is 3.03. The summed E-state index contributed by atoms with van der Waals surface area (Å²) in [6, 6.07) is 1.85. The number of rotatable bonds is 5. The molecule has 102 valence electrons. The molecule has 6 heteroatoms. The first-order valence-corrected chi connectivity index (χ1v) is 7.00. The van der Waals surface area contributed by atoms with E-state index in [0.717, 1.165) is 22.8 Å². The SMILES string of the molecule is CNCCN(C)C(=O)c1cc(-c2csc(C)n2)c[nH]1. The Labute approximate surface area is 116 Å². The highest BCUT2D eigenvalue weighted by Crippen LogP contribution is 2.22. The Morgan fingerprint density at radius 1 is 1.58 bits per heavy atom. The summed E-state index contributed by atoms with van der Waals surface area (Å²) in [4.78, 5) is 21.3. The summed E-state index contributed by atoms with van der Waals surface area (Å²) in [7, 11) is 3.67. The molecule has 2 aromatic heterocycles. The molecule has 0 bridgehead atoms. The third-order valence-corrected chi connectivity index (χ3v) is 3.65. The van der Waals surface area contributed by atoms with Gasteiger partial charge in [0.25, 0.3) is 5.91 Å². The zero-order valence-electron chi connectivity index (χ0n) is 11.4. The molecule has 2 heterocycles. The van der Waals surface area contributed by atoms with Crippen LogP contribution in [0.15, 0.2) is 17.6 Å². The maximum Gasteiger partial charge on any atom is 0.270 e. The van der Waals surface area contributed by atoms with Gasteiger partial charge in [0, 0.05) is 37.3 Å². The average molecular weight is 278 g/mol. The van der Waals surface area contributed by atoms with E-state index in [0.29, 0.717) is 12.2 Å². The molecule has 0 radical (unpaired) electrons. The largest absolute Gasteiger partial charge is 0.357 e. The van der Waals surface area contributed by atoms with Gasteiger partial charge in [-0.2, -0.15) is 0 Å². The van der Waals surface area contributed by atoms with Crippen molar-refractivity contribution >= 4 is 17.2 Å². The van der Waals surface area contributed by atoms with E-state index >= 15 is 0 Å². The molecule has 0 saturated carbocycles. The highest BCUT2D eigenvalue weighted by atomic mass is 32.1. The van der Waals surface area contributed by atoms with E-state index in [1.54, 1.807) is 23.3 Å². The van der Waals surface area contributed by atoms with E-state index in [2.05, 4.69) is 15.3 Å². The lowest BCUT2D eigenvalue weighted by molar-refractivity contribution is 0.0792. The number of likely N-dealkylation sites (N-methyl/N-ethyl adjacent to an activating group) is 2. The van der Waals surface area contributed by atoms with Crippen molar-refractivity contribution in [1.82, 2.24) is 20.2 Å². The first kappa shape index (κ1) is 13.8. The van der Waals surface area contributed by atoms with Gasteiger partial charge in [-0.25, -0.2) is 4.98 Å². The molecular weight excluding hydrogens is 260 g/mol. The number of carbonyl (C=O) groups is 1. The number of nitrogens with one attached hydrogen (secondary N) is 2. The second-order valence-corrected chi connectivity index (χ2v) is 5.45. The standard InChI is InChI=1S/C13H18N4OS/c1-9-16-12(8-19-9)10-6-11(15-7-10)13(18)17(3)5-4-14-2/h6-8,14-15H,4-5H2,1-3H3. The van der Waals surface area contributed by atoms with Crippen molar-refractivity contribution in [3.63, 3.8) is 0 Å². The van der Waals surface area contributed by atoms with Crippen LogP contribution in [0.5, 0.6) is 0 Å². The quantitative estimate of drug-likeness (QED) is 0.875. The summed E-state index contributed by atoms with van der Waals surface area (Å²) >= 11 is 1.61. The van der Waals surface area contributed by atoms with Gasteiger partial charge in [0.15, 0.2) is 0 Å². The number of H-pyrrole nitrogens is 1. The van der Waals surface area contributed by atoms with E-state index in [9.17, 15) is 4.79 Å². The Kier molecular flexibility index (Phi) is 4.34. The van der Waals surface area contributed by atoms with Crippen LogP contribution in [-0.2, 0) is 0 Å². The summed E-state index contributed by atoms with van der Waals surface area (Å²) in [5, 5.41) is 6.05. The van der Waals surface area contributed by atoms with E-state index in [-0.39, 0.29) is 5.91 Å². The van der Waals surface area contributed by atoms with Crippen LogP contribution in [0.1, 0.15) is 15.5 Å². The number of hydrogen-bond donors (Lipinski definition) is 2. The van der Waals surface area contributed by atoms with Crippen LogP contribution in [0, 0.1) is 6.92 Å². The second-order valence-electron chi connectivity index (χ2n) is 4.38. The van der Waals surface area contributed by atoms with Crippen molar-refractivity contribution in [3.05, 3.63) is 28.3 Å². The molecular formula is C13H18N4OS. The fourth-order valence-corrected chi connectivity index (χ4v) is 2.37. The second kappa shape index (κ2) is 5.99. The van der Waals surface area contributed by atoms with Gasteiger partial charge in [0.2, 0.25) is 0 Å². The Balaban J connectivity index is 2.10. The van der Waals surface area contributed by atoms with Crippen LogP contribution in [-0.4, -0.2) is 48.0 Å². The zero-order chi connectivity index (χ0) is 13.8. The first-order valence-electron chi connectivity index (χ1n) is 6.13. The number of nitrogens with zero attached hydrogens (tertiary/aromatic N) is 2. The molecule has 0 aliphatic heterocycles. The lowest BCUT2D eigenvalue weighted by Gasteiger charge is -2.15. The molecule has 0 aromatic carbocycles. The monoisotopic (exact) mass is 278 g/mol. The van der Waals surface area contributed by atoms with Gasteiger partial charge in [-0.05, 0) is 20.0 Å². The molecule has 19 heavy (non-hydrogen) atoms. The van der Waals surface area contributed by atoms with Crippen LogP contribution < -0.4 is 5.32 Å².